The lowest BCUT2D eigenvalue weighted by Gasteiger charge is -2.22. The van der Waals surface area contributed by atoms with Crippen LogP contribution in [-0.4, -0.2) is 12.5 Å². The first-order valence-electron chi connectivity index (χ1n) is 9.22. The molecule has 0 aromatic heterocycles. The number of carbonyl (C=O) groups is 1. The Morgan fingerprint density at radius 1 is 1.00 bits per heavy atom. The number of ether oxygens (including phenoxy) is 1. The molecule has 1 saturated carbocycles. The molecule has 0 heterocycles. The van der Waals surface area contributed by atoms with Gasteiger partial charge in [0.1, 0.15) is 5.75 Å². The highest BCUT2D eigenvalue weighted by molar-refractivity contribution is 5.92. The fraction of sp³-hybridized carbons (Fsp3) is 0.409. The normalized spacial score (nSPS) is 15.0. The molecule has 1 aliphatic rings. The average molecular weight is 337 g/mol. The molecule has 3 heteroatoms. The van der Waals surface area contributed by atoms with E-state index in [1.54, 1.807) is 0 Å². The fourth-order valence-electron chi connectivity index (χ4n) is 3.44. The SMILES string of the molecule is Cc1ccc(NC(=O)COc2ccc(C3CCCCC3)cc2)cc1C. The van der Waals surface area contributed by atoms with Crippen LogP contribution in [0.1, 0.15) is 54.7 Å². The minimum absolute atomic E-state index is 0.0235. The van der Waals surface area contributed by atoms with E-state index in [1.807, 2.05) is 37.3 Å². The van der Waals surface area contributed by atoms with Crippen LogP contribution in [0.5, 0.6) is 5.75 Å². The van der Waals surface area contributed by atoms with Gasteiger partial charge < -0.3 is 10.1 Å². The van der Waals surface area contributed by atoms with E-state index in [2.05, 4.69) is 24.4 Å². The summed E-state index contributed by atoms with van der Waals surface area (Å²) < 4.78 is 5.62. The Hall–Kier alpha value is -2.29. The van der Waals surface area contributed by atoms with Gasteiger partial charge in [-0.25, -0.2) is 0 Å². The maximum atomic E-state index is 12.1. The number of anilines is 1. The van der Waals surface area contributed by atoms with E-state index < -0.39 is 0 Å². The molecule has 2 aromatic carbocycles. The van der Waals surface area contributed by atoms with E-state index in [0.29, 0.717) is 5.92 Å². The van der Waals surface area contributed by atoms with E-state index in [-0.39, 0.29) is 12.5 Å². The largest absolute Gasteiger partial charge is 0.484 e. The molecule has 0 atom stereocenters. The van der Waals surface area contributed by atoms with Crippen LogP contribution in [0.25, 0.3) is 0 Å². The Kier molecular flexibility index (Phi) is 5.75. The molecule has 1 N–H and O–H groups in total. The quantitative estimate of drug-likeness (QED) is 0.796. The highest BCUT2D eigenvalue weighted by Crippen LogP contribution is 2.33. The third kappa shape index (κ3) is 4.85. The molecule has 132 valence electrons. The lowest BCUT2D eigenvalue weighted by molar-refractivity contribution is -0.118. The molecule has 1 amide bonds. The molecule has 3 rings (SSSR count). The maximum absolute atomic E-state index is 12.1. The predicted octanol–water partition coefficient (Wildman–Crippen LogP) is 5.37. The van der Waals surface area contributed by atoms with Gasteiger partial charge >= 0.3 is 0 Å². The second kappa shape index (κ2) is 8.19. The number of amides is 1. The van der Waals surface area contributed by atoms with Crippen molar-refractivity contribution in [2.75, 3.05) is 11.9 Å². The van der Waals surface area contributed by atoms with E-state index in [9.17, 15) is 4.79 Å². The summed E-state index contributed by atoms with van der Waals surface area (Å²) in [5.41, 5.74) is 4.58. The van der Waals surface area contributed by atoms with E-state index in [4.69, 9.17) is 4.74 Å². The van der Waals surface area contributed by atoms with Crippen LogP contribution in [0.3, 0.4) is 0 Å². The van der Waals surface area contributed by atoms with E-state index in [1.165, 1.54) is 43.2 Å². The number of hydrogen-bond donors (Lipinski definition) is 1. The van der Waals surface area contributed by atoms with Gasteiger partial charge in [0.2, 0.25) is 0 Å². The summed E-state index contributed by atoms with van der Waals surface area (Å²) in [6.07, 6.45) is 6.62. The third-order valence-electron chi connectivity index (χ3n) is 5.12. The van der Waals surface area contributed by atoms with Crippen LogP contribution in [0, 0.1) is 13.8 Å². The topological polar surface area (TPSA) is 38.3 Å². The Morgan fingerprint density at radius 3 is 2.40 bits per heavy atom. The van der Waals surface area contributed by atoms with Gasteiger partial charge in [-0.1, -0.05) is 37.5 Å². The highest BCUT2D eigenvalue weighted by atomic mass is 16.5. The molecule has 0 bridgehead atoms. The van der Waals surface area contributed by atoms with E-state index in [0.717, 1.165) is 17.0 Å². The van der Waals surface area contributed by atoms with Crippen LogP contribution in [-0.2, 0) is 4.79 Å². The van der Waals surface area contributed by atoms with Gasteiger partial charge in [-0.05, 0) is 73.6 Å². The van der Waals surface area contributed by atoms with Gasteiger partial charge in [0.25, 0.3) is 5.91 Å². The fourth-order valence-corrected chi connectivity index (χ4v) is 3.44. The van der Waals surface area contributed by atoms with Crippen molar-refractivity contribution in [3.8, 4) is 5.75 Å². The zero-order valence-electron chi connectivity index (χ0n) is 15.2. The van der Waals surface area contributed by atoms with E-state index >= 15 is 0 Å². The van der Waals surface area contributed by atoms with Crippen LogP contribution >= 0.6 is 0 Å². The predicted molar refractivity (Wildman–Crippen MR) is 102 cm³/mol. The van der Waals surface area contributed by atoms with Crippen molar-refractivity contribution >= 4 is 11.6 Å². The summed E-state index contributed by atoms with van der Waals surface area (Å²) in [7, 11) is 0. The molecule has 0 saturated heterocycles. The molecule has 0 radical (unpaired) electrons. The van der Waals surface area contributed by atoms with Crippen molar-refractivity contribution in [3.63, 3.8) is 0 Å². The number of carbonyl (C=O) groups excluding carboxylic acids is 1. The second-order valence-electron chi connectivity index (χ2n) is 7.04. The van der Waals surface area contributed by atoms with Crippen molar-refractivity contribution < 1.29 is 9.53 Å². The van der Waals surface area contributed by atoms with Crippen LogP contribution in [0.15, 0.2) is 42.5 Å². The van der Waals surface area contributed by atoms with Crippen molar-refractivity contribution in [1.29, 1.82) is 0 Å². The minimum atomic E-state index is -0.139. The molecule has 0 aliphatic heterocycles. The lowest BCUT2D eigenvalue weighted by Crippen LogP contribution is -2.20. The molecule has 0 spiro atoms. The first-order valence-corrected chi connectivity index (χ1v) is 9.22. The van der Waals surface area contributed by atoms with Gasteiger partial charge in [0.15, 0.2) is 6.61 Å². The summed E-state index contributed by atoms with van der Waals surface area (Å²) in [4.78, 5) is 12.1. The molecular weight excluding hydrogens is 310 g/mol. The van der Waals surface area contributed by atoms with Crippen LogP contribution in [0.2, 0.25) is 0 Å². The van der Waals surface area contributed by atoms with Crippen molar-refractivity contribution in [2.24, 2.45) is 0 Å². The number of rotatable bonds is 5. The molecule has 0 unspecified atom stereocenters. The van der Waals surface area contributed by atoms with Gasteiger partial charge in [0.05, 0.1) is 0 Å². The number of benzene rings is 2. The van der Waals surface area contributed by atoms with Crippen LogP contribution < -0.4 is 10.1 Å². The Labute approximate surface area is 150 Å². The maximum Gasteiger partial charge on any atom is 0.262 e. The van der Waals surface area contributed by atoms with Crippen molar-refractivity contribution in [2.45, 2.75) is 51.9 Å². The third-order valence-corrected chi connectivity index (χ3v) is 5.12. The number of aryl methyl sites for hydroxylation is 2. The molecular formula is C22H27NO2. The number of hydrogen-bond acceptors (Lipinski definition) is 2. The lowest BCUT2D eigenvalue weighted by atomic mass is 9.84. The summed E-state index contributed by atoms with van der Waals surface area (Å²) in [6, 6.07) is 14.2. The molecule has 25 heavy (non-hydrogen) atoms. The summed E-state index contributed by atoms with van der Waals surface area (Å²) in [5.74, 6) is 1.30. The Bertz CT molecular complexity index is 715. The Balaban J connectivity index is 1.50. The zero-order chi connectivity index (χ0) is 17.6. The van der Waals surface area contributed by atoms with Gasteiger partial charge in [-0.3, -0.25) is 4.79 Å². The van der Waals surface area contributed by atoms with Crippen LogP contribution in [0.4, 0.5) is 5.69 Å². The first-order chi connectivity index (χ1) is 12.1. The molecule has 1 aliphatic carbocycles. The number of nitrogens with one attached hydrogen (secondary N) is 1. The van der Waals surface area contributed by atoms with Gasteiger partial charge in [0, 0.05) is 5.69 Å². The standard InChI is InChI=1S/C22H27NO2/c1-16-8-11-20(14-17(16)2)23-22(24)15-25-21-12-9-19(10-13-21)18-6-4-3-5-7-18/h8-14,18H,3-7,15H2,1-2H3,(H,23,24). The van der Waals surface area contributed by atoms with Crippen molar-refractivity contribution in [3.05, 3.63) is 59.2 Å². The summed E-state index contributed by atoms with van der Waals surface area (Å²) in [6.45, 7) is 4.12. The minimum Gasteiger partial charge on any atom is -0.484 e. The summed E-state index contributed by atoms with van der Waals surface area (Å²) in [5, 5.41) is 2.88. The average Bonchev–Trinajstić information content (AvgIpc) is 2.64. The second-order valence-corrected chi connectivity index (χ2v) is 7.04. The van der Waals surface area contributed by atoms with Gasteiger partial charge in [-0.2, -0.15) is 0 Å². The highest BCUT2D eigenvalue weighted by Gasteiger charge is 2.15. The van der Waals surface area contributed by atoms with Gasteiger partial charge in [-0.15, -0.1) is 0 Å². The molecule has 2 aromatic rings. The first kappa shape index (κ1) is 17.5. The zero-order valence-corrected chi connectivity index (χ0v) is 15.2. The monoisotopic (exact) mass is 337 g/mol. The summed E-state index contributed by atoms with van der Waals surface area (Å²) >= 11 is 0. The smallest absolute Gasteiger partial charge is 0.262 e. The Morgan fingerprint density at radius 2 is 1.72 bits per heavy atom. The van der Waals surface area contributed by atoms with Crippen molar-refractivity contribution in [1.82, 2.24) is 0 Å². The molecule has 1 fully saturated rings. The molecule has 3 nitrogen and oxygen atoms in total.